The van der Waals surface area contributed by atoms with Crippen molar-refractivity contribution in [1.82, 2.24) is 5.32 Å². The van der Waals surface area contributed by atoms with Crippen LogP contribution >= 0.6 is 9.24 Å². The topological polar surface area (TPSA) is 12.0 Å². The molecule has 0 saturated heterocycles. The fourth-order valence-corrected chi connectivity index (χ4v) is 3.18. The summed E-state index contributed by atoms with van der Waals surface area (Å²) in [4.78, 5) is 0. The van der Waals surface area contributed by atoms with E-state index in [0.29, 0.717) is 12.1 Å². The number of hydrogen-bond acceptors (Lipinski definition) is 1. The summed E-state index contributed by atoms with van der Waals surface area (Å²) in [7, 11) is 2.24. The molecule has 3 atom stereocenters. The SMILES string of the molecule is C=C(NC1=CCC(C)(CCCc2cccc(C)c2)C=C1)C(F)(P)CC. The van der Waals surface area contributed by atoms with Crippen LogP contribution in [0.2, 0.25) is 0 Å². The summed E-state index contributed by atoms with van der Waals surface area (Å²) in [5, 5.41) is 1.66. The van der Waals surface area contributed by atoms with E-state index in [1.807, 2.05) is 6.92 Å². The van der Waals surface area contributed by atoms with Crippen molar-refractivity contribution in [2.24, 2.45) is 5.41 Å². The Morgan fingerprint density at radius 2 is 2.20 bits per heavy atom. The number of halogens is 1. The van der Waals surface area contributed by atoms with E-state index in [0.717, 1.165) is 25.0 Å². The van der Waals surface area contributed by atoms with E-state index in [2.05, 4.69) is 77.5 Å². The number of aryl methyl sites for hydroxylation is 2. The van der Waals surface area contributed by atoms with E-state index >= 15 is 0 Å². The van der Waals surface area contributed by atoms with Gasteiger partial charge in [0.15, 0.2) is 5.41 Å². The highest BCUT2D eigenvalue weighted by Crippen LogP contribution is 2.36. The highest BCUT2D eigenvalue weighted by atomic mass is 31.0. The molecule has 1 N–H and O–H groups in total. The smallest absolute Gasteiger partial charge is 0.162 e. The molecule has 0 bridgehead atoms. The van der Waals surface area contributed by atoms with Crippen LogP contribution in [0.4, 0.5) is 4.39 Å². The monoisotopic (exact) mass is 359 g/mol. The molecule has 25 heavy (non-hydrogen) atoms. The molecule has 1 nitrogen and oxygen atoms in total. The molecular formula is C22H31FNP. The first-order chi connectivity index (χ1) is 11.7. The first-order valence-corrected chi connectivity index (χ1v) is 9.71. The Morgan fingerprint density at radius 3 is 2.80 bits per heavy atom. The molecule has 2 rings (SSSR count). The molecule has 1 aliphatic carbocycles. The quantitative estimate of drug-likeness (QED) is 0.543. The van der Waals surface area contributed by atoms with Crippen molar-refractivity contribution in [2.75, 3.05) is 0 Å². The van der Waals surface area contributed by atoms with Crippen molar-refractivity contribution in [2.45, 2.75) is 58.3 Å². The summed E-state index contributed by atoms with van der Waals surface area (Å²) in [6, 6.07) is 8.75. The van der Waals surface area contributed by atoms with Crippen molar-refractivity contribution in [1.29, 1.82) is 0 Å². The van der Waals surface area contributed by atoms with Gasteiger partial charge in [-0.25, -0.2) is 4.39 Å². The lowest BCUT2D eigenvalue weighted by molar-refractivity contribution is 0.316. The summed E-state index contributed by atoms with van der Waals surface area (Å²) in [6.07, 6.45) is 11.3. The zero-order chi connectivity index (χ0) is 18.5. The standard InChI is InChI=1S/C22H31FNP/c1-5-22(23,25)18(3)24-20-11-14-21(4,15-12-20)13-7-10-19-9-6-8-17(2)16-19/h6,8-9,11-12,14,16,24H,3,5,7,10,13,15,25H2,1-2,4H3. The first-order valence-electron chi connectivity index (χ1n) is 9.13. The summed E-state index contributed by atoms with van der Waals surface area (Å²) in [6.45, 7) is 10.1. The zero-order valence-corrected chi connectivity index (χ0v) is 16.9. The zero-order valence-electron chi connectivity index (χ0n) is 15.7. The molecule has 0 heterocycles. The Morgan fingerprint density at radius 1 is 1.44 bits per heavy atom. The van der Waals surface area contributed by atoms with Crippen molar-refractivity contribution in [3.8, 4) is 0 Å². The largest absolute Gasteiger partial charge is 0.357 e. The van der Waals surface area contributed by atoms with E-state index in [1.54, 1.807) is 0 Å². The third-order valence-corrected chi connectivity index (χ3v) is 5.82. The summed E-state index contributed by atoms with van der Waals surface area (Å²) in [5.41, 5.74) is 4.26. The van der Waals surface area contributed by atoms with Crippen LogP contribution in [0.5, 0.6) is 0 Å². The van der Waals surface area contributed by atoms with Gasteiger partial charge in [0, 0.05) is 11.4 Å². The van der Waals surface area contributed by atoms with Crippen LogP contribution in [0, 0.1) is 12.3 Å². The highest BCUT2D eigenvalue weighted by molar-refractivity contribution is 7.19. The minimum atomic E-state index is -1.46. The van der Waals surface area contributed by atoms with Crippen molar-refractivity contribution in [3.05, 3.63) is 71.6 Å². The van der Waals surface area contributed by atoms with Gasteiger partial charge in [-0.05, 0) is 56.1 Å². The normalized spacial score (nSPS) is 22.2. The van der Waals surface area contributed by atoms with Crippen LogP contribution in [0.15, 0.2) is 60.5 Å². The predicted molar refractivity (Wildman–Crippen MR) is 110 cm³/mol. The maximum absolute atomic E-state index is 14.2. The van der Waals surface area contributed by atoms with Crippen LogP contribution in [0.25, 0.3) is 0 Å². The van der Waals surface area contributed by atoms with Crippen molar-refractivity contribution in [3.63, 3.8) is 0 Å². The maximum atomic E-state index is 14.2. The van der Waals surface area contributed by atoms with Crippen LogP contribution in [0.3, 0.4) is 0 Å². The van der Waals surface area contributed by atoms with E-state index in [4.69, 9.17) is 0 Å². The maximum Gasteiger partial charge on any atom is 0.162 e. The minimum absolute atomic E-state index is 0.175. The van der Waals surface area contributed by atoms with Gasteiger partial charge in [0.2, 0.25) is 0 Å². The molecule has 3 heteroatoms. The molecule has 0 aromatic heterocycles. The average Bonchev–Trinajstić information content (AvgIpc) is 2.57. The number of hydrogen-bond donors (Lipinski definition) is 1. The Labute approximate surface area is 154 Å². The van der Waals surface area contributed by atoms with Crippen LogP contribution in [-0.4, -0.2) is 5.41 Å². The first kappa shape index (κ1) is 19.9. The summed E-state index contributed by atoms with van der Waals surface area (Å²) >= 11 is 0. The fraction of sp³-hybridized carbons (Fsp3) is 0.455. The average molecular weight is 359 g/mol. The second-order valence-electron chi connectivity index (χ2n) is 7.51. The minimum Gasteiger partial charge on any atom is -0.357 e. The highest BCUT2D eigenvalue weighted by Gasteiger charge is 2.27. The molecule has 0 saturated carbocycles. The van der Waals surface area contributed by atoms with Gasteiger partial charge in [-0.2, -0.15) is 0 Å². The Hall–Kier alpha value is -1.40. The van der Waals surface area contributed by atoms with Gasteiger partial charge in [-0.3, -0.25) is 0 Å². The molecule has 0 fully saturated rings. The third-order valence-electron chi connectivity index (χ3n) is 5.06. The molecule has 1 aromatic rings. The lowest BCUT2D eigenvalue weighted by atomic mass is 9.78. The van der Waals surface area contributed by atoms with Gasteiger partial charge >= 0.3 is 0 Å². The van der Waals surface area contributed by atoms with Crippen molar-refractivity contribution < 1.29 is 4.39 Å². The Kier molecular flexibility index (Phi) is 6.63. The molecule has 0 radical (unpaired) electrons. The Balaban J connectivity index is 1.84. The van der Waals surface area contributed by atoms with Gasteiger partial charge < -0.3 is 5.32 Å². The van der Waals surface area contributed by atoms with E-state index < -0.39 is 5.41 Å². The lowest BCUT2D eigenvalue weighted by Crippen LogP contribution is -2.27. The molecule has 1 aliphatic rings. The van der Waals surface area contributed by atoms with E-state index in [9.17, 15) is 4.39 Å². The van der Waals surface area contributed by atoms with Crippen LogP contribution < -0.4 is 5.32 Å². The molecule has 0 amide bonds. The number of rotatable bonds is 8. The molecule has 136 valence electrons. The van der Waals surface area contributed by atoms with Gasteiger partial charge in [0.25, 0.3) is 0 Å². The molecule has 3 unspecified atom stereocenters. The molecule has 1 aromatic carbocycles. The van der Waals surface area contributed by atoms with Crippen LogP contribution in [0.1, 0.15) is 50.7 Å². The van der Waals surface area contributed by atoms with Crippen molar-refractivity contribution >= 4 is 9.24 Å². The number of benzene rings is 1. The third kappa shape index (κ3) is 5.82. The molecule has 0 spiro atoms. The summed E-state index contributed by atoms with van der Waals surface area (Å²) in [5.74, 6) is 0. The predicted octanol–water partition coefficient (Wildman–Crippen LogP) is 6.22. The Bertz CT molecular complexity index is 674. The second-order valence-corrected chi connectivity index (χ2v) is 8.43. The molecule has 0 aliphatic heterocycles. The van der Waals surface area contributed by atoms with Gasteiger partial charge in [0.1, 0.15) is 0 Å². The number of allylic oxidation sites excluding steroid dienone is 4. The van der Waals surface area contributed by atoms with Gasteiger partial charge in [-0.15, -0.1) is 0 Å². The number of alkyl halides is 1. The van der Waals surface area contributed by atoms with E-state index in [1.165, 1.54) is 17.5 Å². The number of nitrogens with one attached hydrogen (secondary N) is 1. The molecular weight excluding hydrogens is 328 g/mol. The summed E-state index contributed by atoms with van der Waals surface area (Å²) < 4.78 is 14.2. The van der Waals surface area contributed by atoms with Crippen LogP contribution in [-0.2, 0) is 6.42 Å². The van der Waals surface area contributed by atoms with Gasteiger partial charge in [-0.1, -0.05) is 71.6 Å². The second kappa shape index (κ2) is 8.32. The lowest BCUT2D eigenvalue weighted by Gasteiger charge is -2.30. The fourth-order valence-electron chi connectivity index (χ4n) is 3.10. The van der Waals surface area contributed by atoms with E-state index in [-0.39, 0.29) is 5.41 Å². The van der Waals surface area contributed by atoms with Gasteiger partial charge in [0.05, 0.1) is 0 Å².